The number of unbranched alkanes of at least 4 members (excludes halogenated alkanes) is 1. The number of rotatable bonds is 7. The summed E-state index contributed by atoms with van der Waals surface area (Å²) in [5.74, 6) is 0.970. The predicted octanol–water partition coefficient (Wildman–Crippen LogP) is 2.91. The van der Waals surface area contributed by atoms with Crippen LogP contribution < -0.4 is 0 Å². The molecule has 1 heterocycles. The Balaban J connectivity index is 3.12. The first kappa shape index (κ1) is 15.4. The topological polar surface area (TPSA) is 64.8 Å². The van der Waals surface area contributed by atoms with Crippen LogP contribution in [0.3, 0.4) is 0 Å². The summed E-state index contributed by atoms with van der Waals surface area (Å²) in [6, 6.07) is 0. The molecular weight excluding hydrogens is 274 g/mol. The first-order valence-electron chi connectivity index (χ1n) is 6.33. The van der Waals surface area contributed by atoms with Crippen molar-refractivity contribution in [1.82, 2.24) is 14.8 Å². The summed E-state index contributed by atoms with van der Waals surface area (Å²) in [7, 11) is 1.53. The monoisotopic (exact) mass is 293 g/mol. The molecule has 0 aliphatic heterocycles. The number of hydrogen-bond acceptors (Lipinski definition) is 4. The first-order valence-corrected chi connectivity index (χ1v) is 8.64. The molecule has 7 heteroatoms. The minimum Gasteiger partial charge on any atom is -0.301 e. The molecule has 0 fully saturated rings. The summed E-state index contributed by atoms with van der Waals surface area (Å²) in [6.07, 6.45) is 4.11. The average Bonchev–Trinajstić information content (AvgIpc) is 2.73. The van der Waals surface area contributed by atoms with E-state index in [1.54, 1.807) is 4.57 Å². The molecule has 1 aromatic rings. The van der Waals surface area contributed by atoms with Crippen LogP contribution in [0, 0.1) is 0 Å². The van der Waals surface area contributed by atoms with E-state index in [0.29, 0.717) is 6.54 Å². The van der Waals surface area contributed by atoms with E-state index in [4.69, 9.17) is 10.7 Å². The summed E-state index contributed by atoms with van der Waals surface area (Å²) in [5, 5.41) is 7.61. The van der Waals surface area contributed by atoms with Crippen LogP contribution in [-0.4, -0.2) is 23.2 Å². The standard InChI is InChI=1S/C11H20ClN3O2S/c1-4-7-8-9(5-2)10-13-14-11(15(10)6-3)18(12,16)17/h9H,4-8H2,1-3H3. The lowest BCUT2D eigenvalue weighted by Crippen LogP contribution is -2.11. The van der Waals surface area contributed by atoms with Gasteiger partial charge in [-0.05, 0) is 19.8 Å². The van der Waals surface area contributed by atoms with Gasteiger partial charge in [0.2, 0.25) is 0 Å². The van der Waals surface area contributed by atoms with Gasteiger partial charge in [0.15, 0.2) is 0 Å². The highest BCUT2D eigenvalue weighted by molar-refractivity contribution is 8.13. The Hall–Kier alpha value is -0.620. The average molecular weight is 294 g/mol. The fourth-order valence-corrected chi connectivity index (χ4v) is 3.01. The van der Waals surface area contributed by atoms with Crippen molar-refractivity contribution in [2.24, 2.45) is 0 Å². The lowest BCUT2D eigenvalue weighted by atomic mass is 9.98. The van der Waals surface area contributed by atoms with Crippen LogP contribution in [0.4, 0.5) is 0 Å². The Morgan fingerprint density at radius 2 is 1.94 bits per heavy atom. The Morgan fingerprint density at radius 1 is 1.28 bits per heavy atom. The lowest BCUT2D eigenvalue weighted by Gasteiger charge is -2.14. The molecule has 0 aliphatic carbocycles. The molecule has 0 saturated carbocycles. The molecule has 0 amide bonds. The highest BCUT2D eigenvalue weighted by Crippen LogP contribution is 2.26. The maximum absolute atomic E-state index is 11.4. The third-order valence-electron chi connectivity index (χ3n) is 3.04. The van der Waals surface area contributed by atoms with Crippen molar-refractivity contribution < 1.29 is 8.42 Å². The van der Waals surface area contributed by atoms with Crippen LogP contribution in [0.2, 0.25) is 0 Å². The minimum absolute atomic E-state index is 0.142. The van der Waals surface area contributed by atoms with Crippen molar-refractivity contribution in [3.63, 3.8) is 0 Å². The van der Waals surface area contributed by atoms with Gasteiger partial charge in [-0.2, -0.15) is 0 Å². The first-order chi connectivity index (χ1) is 8.45. The molecule has 0 N–H and O–H groups in total. The van der Waals surface area contributed by atoms with E-state index in [1.165, 1.54) is 0 Å². The molecule has 1 unspecified atom stereocenters. The second kappa shape index (κ2) is 6.52. The van der Waals surface area contributed by atoms with Crippen molar-refractivity contribution in [3.05, 3.63) is 5.82 Å². The molecule has 0 aromatic carbocycles. The van der Waals surface area contributed by atoms with E-state index >= 15 is 0 Å². The highest BCUT2D eigenvalue weighted by atomic mass is 35.7. The minimum atomic E-state index is -3.83. The molecule has 0 radical (unpaired) electrons. The van der Waals surface area contributed by atoms with Crippen LogP contribution in [-0.2, 0) is 15.6 Å². The third kappa shape index (κ3) is 3.45. The Kier molecular flexibility index (Phi) is 5.59. The second-order valence-corrected chi connectivity index (χ2v) is 6.73. The van der Waals surface area contributed by atoms with Crippen molar-refractivity contribution in [2.45, 2.75) is 64.1 Å². The molecule has 1 atom stereocenters. The number of halogens is 1. The summed E-state index contributed by atoms with van der Waals surface area (Å²) >= 11 is 0. The van der Waals surface area contributed by atoms with E-state index in [0.717, 1.165) is 31.5 Å². The largest absolute Gasteiger partial charge is 0.301 e. The summed E-state index contributed by atoms with van der Waals surface area (Å²) in [4.78, 5) is 0. The molecule has 0 aliphatic rings. The van der Waals surface area contributed by atoms with Crippen LogP contribution >= 0.6 is 10.7 Å². The van der Waals surface area contributed by atoms with E-state index in [2.05, 4.69) is 24.0 Å². The van der Waals surface area contributed by atoms with Gasteiger partial charge in [0, 0.05) is 23.1 Å². The van der Waals surface area contributed by atoms with Gasteiger partial charge in [0.1, 0.15) is 5.82 Å². The maximum Gasteiger partial charge on any atom is 0.296 e. The number of aromatic nitrogens is 3. The highest BCUT2D eigenvalue weighted by Gasteiger charge is 2.25. The molecular formula is C11H20ClN3O2S. The van der Waals surface area contributed by atoms with Crippen LogP contribution in [0.25, 0.3) is 0 Å². The molecule has 5 nitrogen and oxygen atoms in total. The summed E-state index contributed by atoms with van der Waals surface area (Å²) in [5.41, 5.74) is 0. The van der Waals surface area contributed by atoms with Gasteiger partial charge in [-0.25, -0.2) is 8.42 Å². The van der Waals surface area contributed by atoms with Crippen molar-refractivity contribution >= 4 is 19.7 Å². The van der Waals surface area contributed by atoms with Gasteiger partial charge < -0.3 is 4.57 Å². The van der Waals surface area contributed by atoms with Crippen molar-refractivity contribution in [3.8, 4) is 0 Å². The maximum atomic E-state index is 11.4. The SMILES string of the molecule is CCCCC(CC)c1nnc(S(=O)(=O)Cl)n1CC. The van der Waals surface area contributed by atoms with Crippen LogP contribution in [0.15, 0.2) is 5.16 Å². The van der Waals surface area contributed by atoms with E-state index in [9.17, 15) is 8.42 Å². The van der Waals surface area contributed by atoms with E-state index in [1.807, 2.05) is 6.92 Å². The van der Waals surface area contributed by atoms with Gasteiger partial charge in [0.05, 0.1) is 0 Å². The van der Waals surface area contributed by atoms with Crippen LogP contribution in [0.1, 0.15) is 58.2 Å². The van der Waals surface area contributed by atoms with Gasteiger partial charge in [0.25, 0.3) is 14.2 Å². The molecule has 18 heavy (non-hydrogen) atoms. The smallest absolute Gasteiger partial charge is 0.296 e. The molecule has 0 saturated heterocycles. The zero-order valence-electron chi connectivity index (χ0n) is 11.1. The number of nitrogens with zero attached hydrogens (tertiary/aromatic N) is 3. The zero-order valence-corrected chi connectivity index (χ0v) is 12.6. The molecule has 1 aromatic heterocycles. The summed E-state index contributed by atoms with van der Waals surface area (Å²) < 4.78 is 24.4. The van der Waals surface area contributed by atoms with Gasteiger partial charge in [-0.3, -0.25) is 0 Å². The van der Waals surface area contributed by atoms with E-state index in [-0.39, 0.29) is 11.1 Å². The molecule has 0 spiro atoms. The van der Waals surface area contributed by atoms with Crippen molar-refractivity contribution in [2.75, 3.05) is 0 Å². The molecule has 104 valence electrons. The number of hydrogen-bond donors (Lipinski definition) is 0. The van der Waals surface area contributed by atoms with Gasteiger partial charge in [-0.1, -0.05) is 26.7 Å². The van der Waals surface area contributed by atoms with Gasteiger partial charge >= 0.3 is 0 Å². The van der Waals surface area contributed by atoms with Crippen molar-refractivity contribution in [1.29, 1.82) is 0 Å². The zero-order chi connectivity index (χ0) is 13.8. The van der Waals surface area contributed by atoms with Gasteiger partial charge in [-0.15, -0.1) is 10.2 Å². The normalized spacial score (nSPS) is 13.8. The third-order valence-corrected chi connectivity index (χ3v) is 4.20. The van der Waals surface area contributed by atoms with Crippen LogP contribution in [0.5, 0.6) is 0 Å². The fourth-order valence-electron chi connectivity index (χ4n) is 2.05. The predicted molar refractivity (Wildman–Crippen MR) is 71.3 cm³/mol. The lowest BCUT2D eigenvalue weighted by molar-refractivity contribution is 0.502. The van der Waals surface area contributed by atoms with E-state index < -0.39 is 9.05 Å². The Morgan fingerprint density at radius 3 is 2.39 bits per heavy atom. The quantitative estimate of drug-likeness (QED) is 0.725. The second-order valence-electron chi connectivity index (χ2n) is 4.27. The Labute approximate surface area is 113 Å². The molecule has 0 bridgehead atoms. The molecule has 1 rings (SSSR count). The Bertz CT molecular complexity index is 484. The fraction of sp³-hybridized carbons (Fsp3) is 0.818. The summed E-state index contributed by atoms with van der Waals surface area (Å²) in [6.45, 7) is 6.58.